The molecule has 0 heterocycles. The van der Waals surface area contributed by atoms with Gasteiger partial charge in [0.1, 0.15) is 5.25 Å². The number of carbonyl (C=O) groups is 1. The second kappa shape index (κ2) is 5.56. The first kappa shape index (κ1) is 12.5. The van der Waals surface area contributed by atoms with E-state index >= 15 is 0 Å². The summed E-state index contributed by atoms with van der Waals surface area (Å²) >= 11 is 1.38. The molecule has 0 aliphatic heterocycles. The van der Waals surface area contributed by atoms with Gasteiger partial charge in [0.25, 0.3) is 0 Å². The average molecular weight is 251 g/mol. The van der Waals surface area contributed by atoms with Gasteiger partial charge in [-0.25, -0.2) is 0 Å². The van der Waals surface area contributed by atoms with Crippen molar-refractivity contribution in [3.05, 3.63) is 29.8 Å². The molecule has 1 fully saturated rings. The van der Waals surface area contributed by atoms with Crippen LogP contribution in [0.4, 0.5) is 0 Å². The molecule has 0 bridgehead atoms. The molecule has 0 aromatic heterocycles. The van der Waals surface area contributed by atoms with E-state index in [-0.39, 0.29) is 0 Å². The number of carboxylic acid groups (broad SMARTS) is 1. The van der Waals surface area contributed by atoms with Crippen molar-refractivity contribution >= 4 is 17.7 Å². The van der Waals surface area contributed by atoms with Crippen molar-refractivity contribution in [1.29, 1.82) is 0 Å². The van der Waals surface area contributed by atoms with Crippen LogP contribution in [0.15, 0.2) is 29.2 Å². The molecular weight excluding hydrogens is 234 g/mol. The molecule has 17 heavy (non-hydrogen) atoms. The van der Waals surface area contributed by atoms with E-state index in [2.05, 4.69) is 17.4 Å². The zero-order chi connectivity index (χ0) is 12.3. The zero-order valence-electron chi connectivity index (χ0n) is 9.85. The molecule has 1 atom stereocenters. The summed E-state index contributed by atoms with van der Waals surface area (Å²) in [6.45, 7) is 2.61. The number of hydrogen-bond acceptors (Lipinski definition) is 3. The summed E-state index contributed by atoms with van der Waals surface area (Å²) < 4.78 is 0. The number of carboxylic acids is 1. The minimum atomic E-state index is -0.769. The highest BCUT2D eigenvalue weighted by Crippen LogP contribution is 2.24. The summed E-state index contributed by atoms with van der Waals surface area (Å²) in [4.78, 5) is 11.7. The van der Waals surface area contributed by atoms with Crippen LogP contribution in [0.2, 0.25) is 0 Å². The lowest BCUT2D eigenvalue weighted by molar-refractivity contribution is -0.136. The number of hydrogen-bond donors (Lipinski definition) is 2. The Balaban J connectivity index is 1.85. The van der Waals surface area contributed by atoms with E-state index in [4.69, 9.17) is 5.11 Å². The van der Waals surface area contributed by atoms with Crippen LogP contribution >= 0.6 is 11.8 Å². The summed E-state index contributed by atoms with van der Waals surface area (Å²) in [6.07, 6.45) is 2.59. The SMILES string of the molecule is CC(Sc1ccc(CNC2CC2)cc1)C(=O)O. The van der Waals surface area contributed by atoms with Crippen LogP contribution in [0, 0.1) is 0 Å². The smallest absolute Gasteiger partial charge is 0.316 e. The number of benzene rings is 1. The van der Waals surface area contributed by atoms with E-state index < -0.39 is 11.2 Å². The molecule has 0 saturated heterocycles. The first-order valence-electron chi connectivity index (χ1n) is 5.87. The van der Waals surface area contributed by atoms with Crippen LogP contribution in [0.1, 0.15) is 25.3 Å². The zero-order valence-corrected chi connectivity index (χ0v) is 10.7. The molecule has 1 aliphatic carbocycles. The number of rotatable bonds is 6. The predicted molar refractivity (Wildman–Crippen MR) is 69.3 cm³/mol. The fourth-order valence-corrected chi connectivity index (χ4v) is 2.29. The van der Waals surface area contributed by atoms with Crippen LogP contribution in [0.5, 0.6) is 0 Å². The van der Waals surface area contributed by atoms with Gasteiger partial charge in [0.05, 0.1) is 0 Å². The van der Waals surface area contributed by atoms with Crippen molar-refractivity contribution in [2.75, 3.05) is 0 Å². The van der Waals surface area contributed by atoms with Crippen LogP contribution in [0.3, 0.4) is 0 Å². The summed E-state index contributed by atoms with van der Waals surface area (Å²) in [7, 11) is 0. The van der Waals surface area contributed by atoms with Gasteiger partial charge in [-0.15, -0.1) is 11.8 Å². The maximum absolute atomic E-state index is 10.7. The topological polar surface area (TPSA) is 49.3 Å². The molecule has 92 valence electrons. The van der Waals surface area contributed by atoms with Gasteiger partial charge < -0.3 is 10.4 Å². The van der Waals surface area contributed by atoms with Gasteiger partial charge >= 0.3 is 5.97 Å². The molecule has 1 unspecified atom stereocenters. The number of thioether (sulfide) groups is 1. The number of aliphatic carboxylic acids is 1. The van der Waals surface area contributed by atoms with Crippen molar-refractivity contribution in [3.63, 3.8) is 0 Å². The van der Waals surface area contributed by atoms with Crippen molar-refractivity contribution in [2.24, 2.45) is 0 Å². The molecule has 3 nitrogen and oxygen atoms in total. The fourth-order valence-electron chi connectivity index (χ4n) is 1.49. The van der Waals surface area contributed by atoms with Gasteiger partial charge in [0, 0.05) is 17.5 Å². The molecule has 0 amide bonds. The van der Waals surface area contributed by atoms with E-state index in [9.17, 15) is 4.79 Å². The molecule has 1 aliphatic rings. The van der Waals surface area contributed by atoms with E-state index in [1.165, 1.54) is 30.2 Å². The van der Waals surface area contributed by atoms with Crippen molar-refractivity contribution in [3.8, 4) is 0 Å². The highest BCUT2D eigenvalue weighted by molar-refractivity contribution is 8.00. The largest absolute Gasteiger partial charge is 0.480 e. The lowest BCUT2D eigenvalue weighted by Gasteiger charge is -2.07. The average Bonchev–Trinajstić information content (AvgIpc) is 3.12. The molecular formula is C13H17NO2S. The minimum Gasteiger partial charge on any atom is -0.480 e. The summed E-state index contributed by atoms with van der Waals surface area (Å²) in [5.74, 6) is -0.769. The first-order valence-corrected chi connectivity index (χ1v) is 6.75. The van der Waals surface area contributed by atoms with Gasteiger partial charge in [0.2, 0.25) is 0 Å². The van der Waals surface area contributed by atoms with E-state index in [0.29, 0.717) is 0 Å². The predicted octanol–water partition coefficient (Wildman–Crippen LogP) is 2.50. The second-order valence-corrected chi connectivity index (χ2v) is 5.81. The molecule has 2 rings (SSSR count). The molecule has 0 spiro atoms. The molecule has 1 aromatic carbocycles. The molecule has 4 heteroatoms. The molecule has 2 N–H and O–H groups in total. The van der Waals surface area contributed by atoms with E-state index in [0.717, 1.165) is 17.5 Å². The van der Waals surface area contributed by atoms with Gasteiger partial charge in [-0.3, -0.25) is 4.79 Å². The maximum Gasteiger partial charge on any atom is 0.316 e. The Bertz CT molecular complexity index is 387. The standard InChI is InChI=1S/C13H17NO2S/c1-9(13(15)16)17-12-6-2-10(3-7-12)8-14-11-4-5-11/h2-3,6-7,9,11,14H,4-5,8H2,1H3,(H,15,16). The lowest BCUT2D eigenvalue weighted by atomic mass is 10.2. The summed E-state index contributed by atoms with van der Waals surface area (Å²) in [5, 5.41) is 11.9. The first-order chi connectivity index (χ1) is 8.15. The maximum atomic E-state index is 10.7. The van der Waals surface area contributed by atoms with Crippen LogP contribution < -0.4 is 5.32 Å². The van der Waals surface area contributed by atoms with Crippen molar-refractivity contribution < 1.29 is 9.90 Å². The highest BCUT2D eigenvalue weighted by atomic mass is 32.2. The Labute approximate surface area is 106 Å². The second-order valence-electron chi connectivity index (χ2n) is 4.40. The lowest BCUT2D eigenvalue weighted by Crippen LogP contribution is -2.15. The fraction of sp³-hybridized carbons (Fsp3) is 0.462. The highest BCUT2D eigenvalue weighted by Gasteiger charge is 2.19. The van der Waals surface area contributed by atoms with Gasteiger partial charge in [-0.2, -0.15) is 0 Å². The monoisotopic (exact) mass is 251 g/mol. The number of nitrogens with one attached hydrogen (secondary N) is 1. The summed E-state index contributed by atoms with van der Waals surface area (Å²) in [5.41, 5.74) is 1.25. The summed E-state index contributed by atoms with van der Waals surface area (Å²) in [6, 6.07) is 8.83. The van der Waals surface area contributed by atoms with Gasteiger partial charge in [-0.1, -0.05) is 12.1 Å². The van der Waals surface area contributed by atoms with Crippen LogP contribution in [-0.2, 0) is 11.3 Å². The third kappa shape index (κ3) is 4.06. The van der Waals surface area contributed by atoms with Crippen molar-refractivity contribution in [1.82, 2.24) is 5.32 Å². The Morgan fingerprint density at radius 2 is 2.12 bits per heavy atom. The van der Waals surface area contributed by atoms with E-state index in [1.54, 1.807) is 6.92 Å². The Morgan fingerprint density at radius 1 is 1.47 bits per heavy atom. The molecule has 0 radical (unpaired) electrons. The Morgan fingerprint density at radius 3 is 2.65 bits per heavy atom. The van der Waals surface area contributed by atoms with Gasteiger partial charge in [0.15, 0.2) is 0 Å². The Kier molecular flexibility index (Phi) is 4.07. The third-order valence-corrected chi connectivity index (χ3v) is 3.86. The van der Waals surface area contributed by atoms with Crippen LogP contribution in [0.25, 0.3) is 0 Å². The quantitative estimate of drug-likeness (QED) is 0.763. The minimum absolute atomic E-state index is 0.398. The van der Waals surface area contributed by atoms with E-state index in [1.807, 2.05) is 12.1 Å². The van der Waals surface area contributed by atoms with Crippen molar-refractivity contribution in [2.45, 2.75) is 42.5 Å². The molecule has 1 aromatic rings. The van der Waals surface area contributed by atoms with Crippen LogP contribution in [-0.4, -0.2) is 22.4 Å². The normalized spacial score (nSPS) is 16.8. The Hall–Kier alpha value is -1.00. The van der Waals surface area contributed by atoms with Gasteiger partial charge in [-0.05, 0) is 37.5 Å². The third-order valence-electron chi connectivity index (χ3n) is 2.76. The molecule has 1 saturated carbocycles.